The van der Waals surface area contributed by atoms with Crippen LogP contribution >= 0.6 is 12.4 Å². The van der Waals surface area contributed by atoms with E-state index >= 15 is 0 Å². The summed E-state index contributed by atoms with van der Waals surface area (Å²) < 4.78 is 5.91. The van der Waals surface area contributed by atoms with Gasteiger partial charge in [0.2, 0.25) is 0 Å². The third-order valence-electron chi connectivity index (χ3n) is 4.79. The Balaban J connectivity index is 0.00000225. The van der Waals surface area contributed by atoms with E-state index in [2.05, 4.69) is 53.2 Å². The van der Waals surface area contributed by atoms with Crippen molar-refractivity contribution in [3.63, 3.8) is 0 Å². The van der Waals surface area contributed by atoms with Crippen LogP contribution in [0, 0.1) is 0 Å². The fraction of sp³-hybridized carbons (Fsp3) is 0.476. The van der Waals surface area contributed by atoms with Crippen molar-refractivity contribution in [1.82, 2.24) is 9.88 Å². The molecule has 0 N–H and O–H groups in total. The Bertz CT molecular complexity index is 620. The van der Waals surface area contributed by atoms with Gasteiger partial charge < -0.3 is 4.74 Å². The van der Waals surface area contributed by atoms with Gasteiger partial charge in [0.05, 0.1) is 6.61 Å². The summed E-state index contributed by atoms with van der Waals surface area (Å²) in [6.45, 7) is 5.19. The first-order chi connectivity index (χ1) is 11.9. The molecule has 4 heteroatoms. The molecule has 1 unspecified atom stereocenters. The smallest absolute Gasteiger partial charge is 0.122 e. The highest BCUT2D eigenvalue weighted by atomic mass is 35.5. The number of likely N-dealkylation sites (tertiary alicyclic amines) is 1. The molecule has 0 spiro atoms. The quantitative estimate of drug-likeness (QED) is 0.689. The summed E-state index contributed by atoms with van der Waals surface area (Å²) in [5.74, 6) is 1.05. The lowest BCUT2D eigenvalue weighted by Gasteiger charge is -2.36. The Morgan fingerprint density at radius 3 is 2.84 bits per heavy atom. The second kappa shape index (κ2) is 10.4. The van der Waals surface area contributed by atoms with Crippen LogP contribution in [0.5, 0.6) is 5.75 Å². The third kappa shape index (κ3) is 5.45. The van der Waals surface area contributed by atoms with Crippen molar-refractivity contribution in [3.05, 3.63) is 59.9 Å². The number of halogens is 1. The minimum Gasteiger partial charge on any atom is -0.493 e. The molecule has 1 aromatic heterocycles. The van der Waals surface area contributed by atoms with Gasteiger partial charge in [0.25, 0.3) is 0 Å². The summed E-state index contributed by atoms with van der Waals surface area (Å²) in [6.07, 6.45) is 9.82. The molecule has 1 atom stereocenters. The van der Waals surface area contributed by atoms with Crippen LogP contribution in [-0.4, -0.2) is 29.6 Å². The van der Waals surface area contributed by atoms with Gasteiger partial charge in [-0.1, -0.05) is 37.6 Å². The van der Waals surface area contributed by atoms with E-state index in [4.69, 9.17) is 4.74 Å². The third-order valence-corrected chi connectivity index (χ3v) is 4.79. The zero-order valence-corrected chi connectivity index (χ0v) is 15.9. The number of ether oxygens (including phenoxy) is 1. The summed E-state index contributed by atoms with van der Waals surface area (Å²) in [5, 5.41) is 0. The predicted molar refractivity (Wildman–Crippen MR) is 106 cm³/mol. The number of nitrogens with zero attached hydrogens (tertiary/aromatic N) is 2. The van der Waals surface area contributed by atoms with Gasteiger partial charge in [0.15, 0.2) is 0 Å². The van der Waals surface area contributed by atoms with Crippen molar-refractivity contribution >= 4 is 12.4 Å². The molecule has 0 saturated carbocycles. The molecule has 1 fully saturated rings. The highest BCUT2D eigenvalue weighted by Crippen LogP contribution is 2.31. The van der Waals surface area contributed by atoms with E-state index in [0.717, 1.165) is 31.7 Å². The van der Waals surface area contributed by atoms with Gasteiger partial charge in [-0.2, -0.15) is 0 Å². The average Bonchev–Trinajstić information content (AvgIpc) is 2.66. The molecule has 3 nitrogen and oxygen atoms in total. The minimum atomic E-state index is 0. The number of hydrogen-bond acceptors (Lipinski definition) is 3. The highest BCUT2D eigenvalue weighted by molar-refractivity contribution is 5.85. The Hall–Kier alpha value is -1.58. The number of piperidine rings is 1. The minimum absolute atomic E-state index is 0. The van der Waals surface area contributed by atoms with Gasteiger partial charge in [-0.3, -0.25) is 9.88 Å². The number of pyridine rings is 1. The number of benzene rings is 1. The van der Waals surface area contributed by atoms with Crippen molar-refractivity contribution in [1.29, 1.82) is 0 Å². The molecule has 1 aromatic carbocycles. The molecule has 1 aliphatic rings. The van der Waals surface area contributed by atoms with Crippen molar-refractivity contribution in [2.75, 3.05) is 19.7 Å². The fourth-order valence-electron chi connectivity index (χ4n) is 3.54. The standard InChI is InChI=1S/C21H28N2O.ClH/c1-2-16-24-21-11-4-3-8-18(21)12-15-23-14-6-5-10-20(23)19-9-7-13-22-17-19;/h3-4,7-9,11,13,17,20H,2,5-6,10,12,14-16H2,1H3;1H. The molecule has 1 aliphatic heterocycles. The van der Waals surface area contributed by atoms with E-state index in [-0.39, 0.29) is 12.4 Å². The van der Waals surface area contributed by atoms with Gasteiger partial charge >= 0.3 is 0 Å². The largest absolute Gasteiger partial charge is 0.493 e. The van der Waals surface area contributed by atoms with Crippen molar-refractivity contribution in [2.45, 2.75) is 45.1 Å². The highest BCUT2D eigenvalue weighted by Gasteiger charge is 2.23. The summed E-state index contributed by atoms with van der Waals surface area (Å²) in [4.78, 5) is 6.94. The SMILES string of the molecule is CCCOc1ccccc1CCN1CCCCC1c1cccnc1.Cl. The van der Waals surface area contributed by atoms with E-state index in [1.165, 1.54) is 36.9 Å². The predicted octanol–water partition coefficient (Wildman–Crippen LogP) is 5.06. The van der Waals surface area contributed by atoms with Crippen molar-refractivity contribution in [3.8, 4) is 5.75 Å². The van der Waals surface area contributed by atoms with Crippen LogP contribution in [-0.2, 0) is 6.42 Å². The molecule has 0 amide bonds. The average molecular weight is 361 g/mol. The van der Waals surface area contributed by atoms with Crippen LogP contribution in [0.2, 0.25) is 0 Å². The zero-order chi connectivity index (χ0) is 16.6. The van der Waals surface area contributed by atoms with Crippen molar-refractivity contribution in [2.24, 2.45) is 0 Å². The van der Waals surface area contributed by atoms with Gasteiger partial charge in [-0.25, -0.2) is 0 Å². The normalized spacial score (nSPS) is 17.7. The Morgan fingerprint density at radius 2 is 2.04 bits per heavy atom. The van der Waals surface area contributed by atoms with Crippen molar-refractivity contribution < 1.29 is 4.74 Å². The molecule has 0 aliphatic carbocycles. The molecular formula is C21H29ClN2O. The summed E-state index contributed by atoms with van der Waals surface area (Å²) in [7, 11) is 0. The van der Waals surface area contributed by atoms with E-state index < -0.39 is 0 Å². The molecular weight excluding hydrogens is 332 g/mol. The van der Waals surface area contributed by atoms with Gasteiger partial charge in [0, 0.05) is 25.0 Å². The Kier molecular flexibility index (Phi) is 8.23. The molecule has 25 heavy (non-hydrogen) atoms. The molecule has 3 rings (SSSR count). The van der Waals surface area contributed by atoms with E-state index in [1.54, 1.807) is 0 Å². The van der Waals surface area contributed by atoms with E-state index in [9.17, 15) is 0 Å². The number of para-hydroxylation sites is 1. The monoisotopic (exact) mass is 360 g/mol. The van der Waals surface area contributed by atoms with E-state index in [0.29, 0.717) is 6.04 Å². The molecule has 2 heterocycles. The lowest BCUT2D eigenvalue weighted by molar-refractivity contribution is 0.150. The first-order valence-electron chi connectivity index (χ1n) is 9.23. The van der Waals surface area contributed by atoms with Gasteiger partial charge in [-0.15, -0.1) is 12.4 Å². The molecule has 0 radical (unpaired) electrons. The van der Waals surface area contributed by atoms with Crippen LogP contribution in [0.3, 0.4) is 0 Å². The maximum atomic E-state index is 5.91. The second-order valence-electron chi connectivity index (χ2n) is 6.54. The zero-order valence-electron chi connectivity index (χ0n) is 15.1. The first kappa shape index (κ1) is 19.7. The van der Waals surface area contributed by atoms with E-state index in [1.807, 2.05) is 12.4 Å². The first-order valence-corrected chi connectivity index (χ1v) is 9.23. The maximum absolute atomic E-state index is 5.91. The molecule has 2 aromatic rings. The number of aromatic nitrogens is 1. The topological polar surface area (TPSA) is 25.4 Å². The Labute approximate surface area is 157 Å². The number of rotatable bonds is 7. The van der Waals surface area contributed by atoms with Gasteiger partial charge in [-0.05, 0) is 55.5 Å². The molecule has 1 saturated heterocycles. The number of hydrogen-bond donors (Lipinski definition) is 0. The lowest BCUT2D eigenvalue weighted by atomic mass is 9.96. The molecule has 136 valence electrons. The van der Waals surface area contributed by atoms with Crippen LogP contribution in [0.25, 0.3) is 0 Å². The summed E-state index contributed by atoms with van der Waals surface area (Å²) in [5.41, 5.74) is 2.68. The van der Waals surface area contributed by atoms with Crippen LogP contribution in [0.4, 0.5) is 0 Å². The maximum Gasteiger partial charge on any atom is 0.122 e. The van der Waals surface area contributed by atoms with Gasteiger partial charge in [0.1, 0.15) is 5.75 Å². The lowest BCUT2D eigenvalue weighted by Crippen LogP contribution is -2.35. The summed E-state index contributed by atoms with van der Waals surface area (Å²) in [6, 6.07) is 13.3. The Morgan fingerprint density at radius 1 is 1.16 bits per heavy atom. The van der Waals surface area contributed by atoms with Crippen LogP contribution in [0.1, 0.15) is 49.8 Å². The summed E-state index contributed by atoms with van der Waals surface area (Å²) >= 11 is 0. The van der Waals surface area contributed by atoms with Crippen LogP contribution in [0.15, 0.2) is 48.8 Å². The molecule has 0 bridgehead atoms. The second-order valence-corrected chi connectivity index (χ2v) is 6.54. The van der Waals surface area contributed by atoms with Crippen LogP contribution < -0.4 is 4.74 Å². The fourth-order valence-corrected chi connectivity index (χ4v) is 3.54.